The molecule has 1 unspecified atom stereocenters. The number of hydrogen-bond donors (Lipinski definition) is 2. The normalized spacial score (nSPS) is 25.1. The minimum Gasteiger partial charge on any atom is -0.383 e. The summed E-state index contributed by atoms with van der Waals surface area (Å²) in [6, 6.07) is 2.21. The summed E-state index contributed by atoms with van der Waals surface area (Å²) >= 11 is 0. The van der Waals surface area contributed by atoms with Crippen LogP contribution in [-0.2, 0) is 5.54 Å². The fourth-order valence-corrected chi connectivity index (χ4v) is 3.08. The molecule has 3 heteroatoms. The van der Waals surface area contributed by atoms with Crippen molar-refractivity contribution in [1.29, 1.82) is 0 Å². The molecule has 0 spiro atoms. The van der Waals surface area contributed by atoms with Crippen molar-refractivity contribution in [2.45, 2.75) is 52.0 Å². The Hall–Kier alpha value is -1.09. The van der Waals surface area contributed by atoms with Gasteiger partial charge in [-0.3, -0.25) is 0 Å². The van der Waals surface area contributed by atoms with Crippen molar-refractivity contribution in [2.75, 3.05) is 12.3 Å². The van der Waals surface area contributed by atoms with Crippen molar-refractivity contribution < 1.29 is 0 Å². The molecule has 0 radical (unpaired) electrons. The predicted molar refractivity (Wildman–Crippen MR) is 76.4 cm³/mol. The Labute approximate surface area is 110 Å². The maximum absolute atomic E-state index is 6.14. The molecule has 1 aromatic heterocycles. The number of hydrogen-bond acceptors (Lipinski definition) is 3. The first-order chi connectivity index (χ1) is 8.56. The zero-order chi connectivity index (χ0) is 13.2. The summed E-state index contributed by atoms with van der Waals surface area (Å²) in [7, 11) is 0. The molecular formula is C15H25N3. The van der Waals surface area contributed by atoms with Gasteiger partial charge in [0.05, 0.1) is 0 Å². The Morgan fingerprint density at radius 1 is 1.33 bits per heavy atom. The molecule has 1 aromatic rings. The minimum atomic E-state index is -0.000394. The third-order valence-electron chi connectivity index (χ3n) is 4.21. The van der Waals surface area contributed by atoms with E-state index in [1.54, 1.807) is 0 Å². The van der Waals surface area contributed by atoms with Gasteiger partial charge in [-0.1, -0.05) is 26.7 Å². The van der Waals surface area contributed by atoms with Crippen LogP contribution in [0.2, 0.25) is 0 Å². The van der Waals surface area contributed by atoms with E-state index < -0.39 is 0 Å². The number of nitrogen functional groups attached to an aromatic ring is 1. The first-order valence-corrected chi connectivity index (χ1v) is 7.04. The van der Waals surface area contributed by atoms with E-state index in [1.807, 2.05) is 6.20 Å². The molecule has 2 heterocycles. The number of nitrogens with one attached hydrogen (secondary N) is 1. The van der Waals surface area contributed by atoms with Crippen LogP contribution < -0.4 is 11.1 Å². The molecule has 2 rings (SSSR count). The number of rotatable bonds is 2. The molecule has 0 aromatic carbocycles. The quantitative estimate of drug-likeness (QED) is 0.844. The molecule has 3 nitrogen and oxygen atoms in total. The maximum atomic E-state index is 6.14. The fraction of sp³-hybridized carbons (Fsp3) is 0.667. The summed E-state index contributed by atoms with van der Waals surface area (Å²) in [4.78, 5) is 4.35. The molecule has 1 aliphatic heterocycles. The average molecular weight is 247 g/mol. The largest absolute Gasteiger partial charge is 0.383 e. The van der Waals surface area contributed by atoms with E-state index in [0.717, 1.165) is 13.0 Å². The van der Waals surface area contributed by atoms with E-state index in [4.69, 9.17) is 5.73 Å². The Kier molecular flexibility index (Phi) is 3.91. The topological polar surface area (TPSA) is 50.9 Å². The highest BCUT2D eigenvalue weighted by Crippen LogP contribution is 2.39. The summed E-state index contributed by atoms with van der Waals surface area (Å²) in [5.74, 6) is 1.20. The smallest absolute Gasteiger partial charge is 0.128 e. The van der Waals surface area contributed by atoms with Crippen molar-refractivity contribution >= 4 is 5.82 Å². The van der Waals surface area contributed by atoms with Crippen LogP contribution in [0.3, 0.4) is 0 Å². The number of nitrogens with zero attached hydrogens (tertiary/aromatic N) is 1. The molecule has 3 N–H and O–H groups in total. The van der Waals surface area contributed by atoms with Gasteiger partial charge in [0.2, 0.25) is 0 Å². The van der Waals surface area contributed by atoms with E-state index in [1.165, 1.54) is 30.4 Å². The number of pyridine rings is 1. The predicted octanol–water partition coefficient (Wildman–Crippen LogP) is 2.99. The van der Waals surface area contributed by atoms with Gasteiger partial charge in [0.15, 0.2) is 0 Å². The fourth-order valence-electron chi connectivity index (χ4n) is 3.08. The van der Waals surface area contributed by atoms with Crippen LogP contribution in [0.15, 0.2) is 12.3 Å². The molecule has 1 fully saturated rings. The molecular weight excluding hydrogens is 222 g/mol. The Bertz CT molecular complexity index is 404. The highest BCUT2D eigenvalue weighted by molar-refractivity contribution is 5.46. The van der Waals surface area contributed by atoms with Gasteiger partial charge in [0.25, 0.3) is 0 Å². The Balaban J connectivity index is 2.48. The molecule has 100 valence electrons. The maximum Gasteiger partial charge on any atom is 0.128 e. The molecule has 1 saturated heterocycles. The molecule has 18 heavy (non-hydrogen) atoms. The number of aryl methyl sites for hydroxylation is 1. The SMILES string of the molecule is Cc1cnc(N)c(C2(C(C)C)CCCCCN2)c1. The van der Waals surface area contributed by atoms with Gasteiger partial charge in [-0.05, 0) is 43.9 Å². The van der Waals surface area contributed by atoms with Crippen LogP contribution >= 0.6 is 0 Å². The van der Waals surface area contributed by atoms with Crippen molar-refractivity contribution in [3.8, 4) is 0 Å². The first kappa shape index (κ1) is 13.3. The lowest BCUT2D eigenvalue weighted by Crippen LogP contribution is -2.46. The van der Waals surface area contributed by atoms with Crippen molar-refractivity contribution in [3.63, 3.8) is 0 Å². The molecule has 1 aliphatic rings. The third-order valence-corrected chi connectivity index (χ3v) is 4.21. The van der Waals surface area contributed by atoms with Crippen LogP contribution in [0.5, 0.6) is 0 Å². The van der Waals surface area contributed by atoms with Crippen LogP contribution in [0, 0.1) is 12.8 Å². The Morgan fingerprint density at radius 3 is 2.83 bits per heavy atom. The highest BCUT2D eigenvalue weighted by Gasteiger charge is 2.37. The summed E-state index contributed by atoms with van der Waals surface area (Å²) < 4.78 is 0. The van der Waals surface area contributed by atoms with Gasteiger partial charge < -0.3 is 11.1 Å². The van der Waals surface area contributed by atoms with Crippen molar-refractivity contribution in [2.24, 2.45) is 5.92 Å². The summed E-state index contributed by atoms with van der Waals surface area (Å²) in [5.41, 5.74) is 8.52. The van der Waals surface area contributed by atoms with Gasteiger partial charge >= 0.3 is 0 Å². The monoisotopic (exact) mass is 247 g/mol. The van der Waals surface area contributed by atoms with E-state index in [0.29, 0.717) is 11.7 Å². The molecule has 0 saturated carbocycles. The second kappa shape index (κ2) is 5.27. The Morgan fingerprint density at radius 2 is 2.11 bits per heavy atom. The summed E-state index contributed by atoms with van der Waals surface area (Å²) in [6.07, 6.45) is 6.83. The zero-order valence-electron chi connectivity index (χ0n) is 11.8. The average Bonchev–Trinajstić information content (AvgIpc) is 2.58. The lowest BCUT2D eigenvalue weighted by molar-refractivity contribution is 0.231. The molecule has 0 amide bonds. The summed E-state index contributed by atoms with van der Waals surface area (Å²) in [6.45, 7) is 7.71. The lowest BCUT2D eigenvalue weighted by Gasteiger charge is -2.39. The van der Waals surface area contributed by atoms with Gasteiger partial charge in [-0.15, -0.1) is 0 Å². The highest BCUT2D eigenvalue weighted by atomic mass is 15.0. The number of aromatic nitrogens is 1. The molecule has 1 atom stereocenters. The second-order valence-electron chi connectivity index (χ2n) is 5.81. The van der Waals surface area contributed by atoms with Crippen LogP contribution in [0.1, 0.15) is 50.7 Å². The van der Waals surface area contributed by atoms with Gasteiger partial charge in [-0.2, -0.15) is 0 Å². The zero-order valence-corrected chi connectivity index (χ0v) is 11.8. The molecule has 0 aliphatic carbocycles. The van der Waals surface area contributed by atoms with Crippen LogP contribution in [0.4, 0.5) is 5.82 Å². The van der Waals surface area contributed by atoms with E-state index >= 15 is 0 Å². The van der Waals surface area contributed by atoms with Crippen LogP contribution in [-0.4, -0.2) is 11.5 Å². The van der Waals surface area contributed by atoms with Gasteiger partial charge in [0.1, 0.15) is 5.82 Å². The van der Waals surface area contributed by atoms with E-state index in [-0.39, 0.29) is 5.54 Å². The van der Waals surface area contributed by atoms with Crippen molar-refractivity contribution in [1.82, 2.24) is 10.3 Å². The van der Waals surface area contributed by atoms with Gasteiger partial charge in [0, 0.05) is 17.3 Å². The van der Waals surface area contributed by atoms with Crippen molar-refractivity contribution in [3.05, 3.63) is 23.4 Å². The summed E-state index contributed by atoms with van der Waals surface area (Å²) in [5, 5.41) is 3.76. The lowest BCUT2D eigenvalue weighted by atomic mass is 9.76. The minimum absolute atomic E-state index is 0.000394. The number of nitrogens with two attached hydrogens (primary N) is 1. The van der Waals surface area contributed by atoms with E-state index in [2.05, 4.69) is 37.1 Å². The third kappa shape index (κ3) is 2.37. The van der Waals surface area contributed by atoms with Gasteiger partial charge in [-0.25, -0.2) is 4.98 Å². The standard InChI is InChI=1S/C15H25N3/c1-11(2)15(7-5-4-6-8-18-15)13-9-12(3)10-17-14(13)16/h9-11,18H,4-8H2,1-3H3,(H2,16,17). The second-order valence-corrected chi connectivity index (χ2v) is 5.81. The van der Waals surface area contributed by atoms with E-state index in [9.17, 15) is 0 Å². The number of anilines is 1. The first-order valence-electron chi connectivity index (χ1n) is 7.04. The molecule has 0 bridgehead atoms. The van der Waals surface area contributed by atoms with Crippen LogP contribution in [0.25, 0.3) is 0 Å².